The monoisotopic (exact) mass is 519 g/mol. The molecular formula is C23H17N7O4S2. The minimum Gasteiger partial charge on any atom is -0.257 e. The maximum absolute atomic E-state index is 13.1. The normalized spacial score (nSPS) is 12.0. The summed E-state index contributed by atoms with van der Waals surface area (Å²) in [5.74, 6) is 0. The number of benzene rings is 1. The molecule has 0 unspecified atom stereocenters. The Kier molecular flexibility index (Phi) is 5.62. The summed E-state index contributed by atoms with van der Waals surface area (Å²) < 4.78 is 52.6. The van der Waals surface area contributed by atoms with Gasteiger partial charge in [-0.3, -0.25) is 4.68 Å². The van der Waals surface area contributed by atoms with E-state index < -0.39 is 19.9 Å². The van der Waals surface area contributed by atoms with Gasteiger partial charge in [0.05, 0.1) is 16.7 Å². The van der Waals surface area contributed by atoms with Gasteiger partial charge in [0.1, 0.15) is 12.2 Å². The molecule has 5 aromatic rings. The van der Waals surface area contributed by atoms with Crippen LogP contribution in [-0.2, 0) is 26.4 Å². The summed E-state index contributed by atoms with van der Waals surface area (Å²) in [4.78, 5) is 12.5. The molecule has 0 radical (unpaired) electrons. The topological polar surface area (TPSA) is 153 Å². The molecule has 36 heavy (non-hydrogen) atoms. The third-order valence-corrected chi connectivity index (χ3v) is 7.84. The highest BCUT2D eigenvalue weighted by molar-refractivity contribution is 7.90. The number of hydrogen-bond donors (Lipinski definition) is 0. The van der Waals surface area contributed by atoms with E-state index in [0.717, 1.165) is 10.2 Å². The second kappa shape index (κ2) is 8.67. The van der Waals surface area contributed by atoms with E-state index >= 15 is 0 Å². The molecule has 0 aliphatic heterocycles. The van der Waals surface area contributed by atoms with Gasteiger partial charge < -0.3 is 0 Å². The molecule has 4 heterocycles. The van der Waals surface area contributed by atoms with Gasteiger partial charge in [0.15, 0.2) is 5.65 Å². The zero-order chi connectivity index (χ0) is 25.5. The molecule has 0 saturated carbocycles. The number of rotatable bonds is 6. The number of aromatic nitrogens is 6. The van der Waals surface area contributed by atoms with Crippen LogP contribution < -0.4 is 0 Å². The minimum absolute atomic E-state index is 0.0433. The largest absolute Gasteiger partial charge is 0.269 e. The fourth-order valence-corrected chi connectivity index (χ4v) is 5.52. The lowest BCUT2D eigenvalue weighted by Crippen LogP contribution is -2.12. The van der Waals surface area contributed by atoms with Crippen LogP contribution in [0.1, 0.15) is 0 Å². The Morgan fingerprint density at radius 2 is 1.81 bits per heavy atom. The molecule has 5 rings (SSSR count). The molecule has 4 aromatic heterocycles. The highest BCUT2D eigenvalue weighted by Gasteiger charge is 2.22. The van der Waals surface area contributed by atoms with Crippen LogP contribution in [0, 0.1) is 11.3 Å². The second-order valence-corrected chi connectivity index (χ2v) is 11.5. The Bertz CT molecular complexity index is 1870. The zero-order valence-electron chi connectivity index (χ0n) is 18.7. The fourth-order valence-electron chi connectivity index (χ4n) is 3.67. The van der Waals surface area contributed by atoms with Crippen LogP contribution in [0.3, 0.4) is 0 Å². The van der Waals surface area contributed by atoms with Gasteiger partial charge in [-0.25, -0.2) is 35.8 Å². The molecule has 0 aliphatic rings. The van der Waals surface area contributed by atoms with Crippen molar-refractivity contribution in [2.24, 2.45) is 0 Å². The van der Waals surface area contributed by atoms with E-state index in [0.29, 0.717) is 27.9 Å². The van der Waals surface area contributed by atoms with Gasteiger partial charge in [0, 0.05) is 47.6 Å². The Morgan fingerprint density at radius 3 is 2.53 bits per heavy atom. The third kappa shape index (κ3) is 4.12. The minimum atomic E-state index is -3.85. The Hall–Kier alpha value is -4.41. The molecule has 13 heteroatoms. The summed E-state index contributed by atoms with van der Waals surface area (Å²) in [6.45, 7) is -0.0433. The van der Waals surface area contributed by atoms with E-state index in [1.807, 2.05) is 6.07 Å². The number of sulfone groups is 1. The van der Waals surface area contributed by atoms with Crippen molar-refractivity contribution in [1.82, 2.24) is 28.7 Å². The second-order valence-electron chi connectivity index (χ2n) is 7.81. The summed E-state index contributed by atoms with van der Waals surface area (Å²) in [7, 11) is -7.50. The highest BCUT2D eigenvalue weighted by Crippen LogP contribution is 2.32. The van der Waals surface area contributed by atoms with Gasteiger partial charge in [-0.2, -0.15) is 10.4 Å². The first-order valence-electron chi connectivity index (χ1n) is 10.4. The lowest BCUT2D eigenvalue weighted by molar-refractivity contribution is 0.588. The van der Waals surface area contributed by atoms with Gasteiger partial charge in [0.25, 0.3) is 10.0 Å². The average Bonchev–Trinajstić information content (AvgIpc) is 3.49. The first kappa shape index (κ1) is 23.3. The number of hydrogen-bond acceptors (Lipinski definition) is 9. The van der Waals surface area contributed by atoms with Gasteiger partial charge >= 0.3 is 0 Å². The van der Waals surface area contributed by atoms with Crippen LogP contribution in [0.2, 0.25) is 0 Å². The molecule has 11 nitrogen and oxygen atoms in total. The van der Waals surface area contributed by atoms with Crippen LogP contribution in [-0.4, -0.2) is 51.8 Å². The maximum Gasteiger partial charge on any atom is 0.269 e. The SMILES string of the molecule is CS(=O)(=O)c1nccc(-c2cn(CC#N)nc2-c2cnc3c(ccn3S(=O)(=O)c3ccccc3)c2)n1. The van der Waals surface area contributed by atoms with Crippen molar-refractivity contribution in [3.8, 4) is 28.6 Å². The lowest BCUT2D eigenvalue weighted by atomic mass is 10.1. The Balaban J connectivity index is 1.64. The standard InChI is InChI=1S/C23H17N7O4S2/c1-35(31,32)23-25-10-7-20(27-23)19-15-29(12-9-24)28-21(19)17-13-16-8-11-30(22(16)26-14-17)36(33,34)18-5-3-2-4-6-18/h2-8,10-11,13-15H,12H2,1H3. The molecule has 0 amide bonds. The molecule has 0 fully saturated rings. The third-order valence-electron chi connectivity index (χ3n) is 5.30. The van der Waals surface area contributed by atoms with Crippen LogP contribution in [0.15, 0.2) is 83.4 Å². The van der Waals surface area contributed by atoms with Crippen LogP contribution in [0.4, 0.5) is 0 Å². The number of nitriles is 1. The molecule has 0 spiro atoms. The first-order chi connectivity index (χ1) is 17.2. The summed E-state index contributed by atoms with van der Waals surface area (Å²) in [6, 6.07) is 15.0. The van der Waals surface area contributed by atoms with Crippen molar-refractivity contribution in [2.75, 3.05) is 6.26 Å². The summed E-state index contributed by atoms with van der Waals surface area (Å²) in [5, 5.41) is 13.8. The highest BCUT2D eigenvalue weighted by atomic mass is 32.2. The molecule has 0 bridgehead atoms. The summed E-state index contributed by atoms with van der Waals surface area (Å²) in [5.41, 5.74) is 1.94. The molecular weight excluding hydrogens is 502 g/mol. The van der Waals surface area contributed by atoms with Crippen molar-refractivity contribution in [3.63, 3.8) is 0 Å². The van der Waals surface area contributed by atoms with E-state index in [2.05, 4.69) is 20.1 Å². The van der Waals surface area contributed by atoms with Crippen molar-refractivity contribution < 1.29 is 16.8 Å². The quantitative estimate of drug-likeness (QED) is 0.308. The zero-order valence-corrected chi connectivity index (χ0v) is 20.3. The van der Waals surface area contributed by atoms with Crippen molar-refractivity contribution in [3.05, 3.63) is 73.3 Å². The van der Waals surface area contributed by atoms with E-state index in [1.165, 1.54) is 35.4 Å². The van der Waals surface area contributed by atoms with Gasteiger partial charge in [-0.05, 0) is 30.3 Å². The van der Waals surface area contributed by atoms with E-state index in [-0.39, 0.29) is 22.2 Å². The van der Waals surface area contributed by atoms with Gasteiger partial charge in [-0.15, -0.1) is 0 Å². The molecule has 0 aliphatic carbocycles. The Morgan fingerprint density at radius 1 is 1.03 bits per heavy atom. The molecule has 0 N–H and O–H groups in total. The summed E-state index contributed by atoms with van der Waals surface area (Å²) >= 11 is 0. The van der Waals surface area contributed by atoms with E-state index in [1.54, 1.807) is 42.6 Å². The van der Waals surface area contributed by atoms with E-state index in [9.17, 15) is 16.8 Å². The van der Waals surface area contributed by atoms with Crippen LogP contribution in [0.25, 0.3) is 33.5 Å². The lowest BCUT2D eigenvalue weighted by Gasteiger charge is -2.07. The van der Waals surface area contributed by atoms with Gasteiger partial charge in [-0.1, -0.05) is 18.2 Å². The molecule has 180 valence electrons. The van der Waals surface area contributed by atoms with Crippen LogP contribution in [0.5, 0.6) is 0 Å². The van der Waals surface area contributed by atoms with Crippen molar-refractivity contribution in [2.45, 2.75) is 16.6 Å². The fraction of sp³-hybridized carbons (Fsp3) is 0.0870. The molecule has 0 atom stereocenters. The van der Waals surface area contributed by atoms with Crippen LogP contribution >= 0.6 is 0 Å². The Labute approximate surface area is 206 Å². The smallest absolute Gasteiger partial charge is 0.257 e. The predicted molar refractivity (Wildman–Crippen MR) is 130 cm³/mol. The van der Waals surface area contributed by atoms with Crippen molar-refractivity contribution >= 4 is 30.9 Å². The van der Waals surface area contributed by atoms with E-state index in [4.69, 9.17) is 5.26 Å². The molecule has 1 aromatic carbocycles. The predicted octanol–water partition coefficient (Wildman–Crippen LogP) is 2.52. The average molecular weight is 520 g/mol. The molecule has 0 saturated heterocycles. The number of fused-ring (bicyclic) bond motifs is 1. The number of pyridine rings is 1. The van der Waals surface area contributed by atoms with Crippen molar-refractivity contribution in [1.29, 1.82) is 5.26 Å². The first-order valence-corrected chi connectivity index (χ1v) is 13.8. The number of nitrogens with zero attached hydrogens (tertiary/aromatic N) is 7. The van der Waals surface area contributed by atoms with Gasteiger partial charge in [0.2, 0.25) is 15.0 Å². The summed E-state index contributed by atoms with van der Waals surface area (Å²) in [6.07, 6.45) is 6.84. The maximum atomic E-state index is 13.1.